The number of aromatic carboxylic acids is 1. The number of benzene rings is 2. The largest absolute Gasteiger partial charge is 0.493 e. The van der Waals surface area contributed by atoms with Crippen molar-refractivity contribution in [1.29, 1.82) is 0 Å². The van der Waals surface area contributed by atoms with Gasteiger partial charge in [-0.3, -0.25) is 4.79 Å². The van der Waals surface area contributed by atoms with E-state index in [0.717, 1.165) is 11.1 Å². The summed E-state index contributed by atoms with van der Waals surface area (Å²) in [4.78, 5) is 28.5. The van der Waals surface area contributed by atoms with Gasteiger partial charge in [-0.25, -0.2) is 9.78 Å². The number of aromatic nitrogens is 1. The Morgan fingerprint density at radius 2 is 1.76 bits per heavy atom. The molecule has 1 heterocycles. The van der Waals surface area contributed by atoms with Gasteiger partial charge in [0.25, 0.3) is 5.91 Å². The third kappa shape index (κ3) is 4.55. The lowest BCUT2D eigenvalue weighted by molar-refractivity contribution is 0.0696. The van der Waals surface area contributed by atoms with E-state index in [2.05, 4.69) is 10.3 Å². The summed E-state index contributed by atoms with van der Waals surface area (Å²) in [7, 11) is 3.14. The summed E-state index contributed by atoms with van der Waals surface area (Å²) < 4.78 is 10.6. The Labute approximate surface area is 171 Å². The van der Waals surface area contributed by atoms with Crippen LogP contribution in [-0.4, -0.2) is 36.2 Å². The van der Waals surface area contributed by atoms with Gasteiger partial charge in [0, 0.05) is 12.1 Å². The molecule has 0 aliphatic rings. The lowest BCUT2D eigenvalue weighted by atomic mass is 10.1. The van der Waals surface area contributed by atoms with Crippen molar-refractivity contribution in [2.24, 2.45) is 0 Å². The normalized spacial score (nSPS) is 10.4. The zero-order valence-electron chi connectivity index (χ0n) is 16.2. The Balaban J connectivity index is 1.74. The minimum atomic E-state index is -0.983. The van der Waals surface area contributed by atoms with Crippen molar-refractivity contribution < 1.29 is 24.2 Å². The number of methoxy groups -OCH3 is 2. The Kier molecular flexibility index (Phi) is 6.13. The van der Waals surface area contributed by atoms with Gasteiger partial charge in [0.1, 0.15) is 9.88 Å². The van der Waals surface area contributed by atoms with Gasteiger partial charge in [0.2, 0.25) is 0 Å². The van der Waals surface area contributed by atoms with Crippen LogP contribution in [-0.2, 0) is 6.54 Å². The van der Waals surface area contributed by atoms with Crippen molar-refractivity contribution >= 4 is 23.2 Å². The van der Waals surface area contributed by atoms with Crippen LogP contribution in [0.5, 0.6) is 11.5 Å². The van der Waals surface area contributed by atoms with Crippen LogP contribution in [0, 0.1) is 6.92 Å². The van der Waals surface area contributed by atoms with E-state index < -0.39 is 5.97 Å². The van der Waals surface area contributed by atoms with E-state index in [1.165, 1.54) is 23.5 Å². The monoisotopic (exact) mass is 412 g/mol. The molecule has 1 aromatic heterocycles. The molecule has 0 saturated carbocycles. The maximum absolute atomic E-state index is 12.6. The fourth-order valence-electron chi connectivity index (χ4n) is 2.73. The SMILES string of the molecule is COc1ccc(-c2nc(C)c(C(=O)NCc3ccc(C(=O)O)cc3)s2)cc1OC. The summed E-state index contributed by atoms with van der Waals surface area (Å²) in [5.74, 6) is 0.00248. The van der Waals surface area contributed by atoms with Gasteiger partial charge in [0.15, 0.2) is 11.5 Å². The van der Waals surface area contributed by atoms with Crippen LogP contribution in [0.2, 0.25) is 0 Å². The van der Waals surface area contributed by atoms with E-state index in [-0.39, 0.29) is 11.5 Å². The summed E-state index contributed by atoms with van der Waals surface area (Å²) in [5, 5.41) is 12.5. The number of carbonyl (C=O) groups is 2. The number of carboxylic acids is 1. The molecule has 0 unspecified atom stereocenters. The van der Waals surface area contributed by atoms with Crippen LogP contribution < -0.4 is 14.8 Å². The summed E-state index contributed by atoms with van der Waals surface area (Å²) in [6.07, 6.45) is 0. The smallest absolute Gasteiger partial charge is 0.335 e. The summed E-state index contributed by atoms with van der Waals surface area (Å²) in [6, 6.07) is 11.9. The molecule has 0 saturated heterocycles. The van der Waals surface area contributed by atoms with Gasteiger partial charge >= 0.3 is 5.97 Å². The van der Waals surface area contributed by atoms with Gasteiger partial charge < -0.3 is 19.9 Å². The highest BCUT2D eigenvalue weighted by atomic mass is 32.1. The topological polar surface area (TPSA) is 97.8 Å². The Morgan fingerprint density at radius 3 is 2.38 bits per heavy atom. The average Bonchev–Trinajstić information content (AvgIpc) is 3.13. The lowest BCUT2D eigenvalue weighted by Gasteiger charge is -2.08. The molecule has 0 fully saturated rings. The van der Waals surface area contributed by atoms with E-state index in [1.807, 2.05) is 12.1 Å². The number of hydrogen-bond donors (Lipinski definition) is 2. The first-order chi connectivity index (χ1) is 13.9. The molecule has 0 bridgehead atoms. The van der Waals surface area contributed by atoms with Gasteiger partial charge in [-0.2, -0.15) is 0 Å². The molecule has 2 N–H and O–H groups in total. The number of nitrogens with one attached hydrogen (secondary N) is 1. The molecule has 0 spiro atoms. The van der Waals surface area contributed by atoms with E-state index in [9.17, 15) is 9.59 Å². The average molecular weight is 412 g/mol. The van der Waals surface area contributed by atoms with Crippen LogP contribution in [0.1, 0.15) is 31.3 Å². The molecule has 7 nitrogen and oxygen atoms in total. The number of aryl methyl sites for hydroxylation is 1. The molecule has 0 radical (unpaired) electrons. The highest BCUT2D eigenvalue weighted by molar-refractivity contribution is 7.17. The zero-order valence-corrected chi connectivity index (χ0v) is 17.0. The quantitative estimate of drug-likeness (QED) is 0.613. The van der Waals surface area contributed by atoms with Crippen molar-refractivity contribution in [3.05, 3.63) is 64.2 Å². The van der Waals surface area contributed by atoms with Gasteiger partial charge in [-0.1, -0.05) is 12.1 Å². The molecule has 3 aromatic rings. The number of hydrogen-bond acceptors (Lipinski definition) is 6. The lowest BCUT2D eigenvalue weighted by Crippen LogP contribution is -2.22. The summed E-state index contributed by atoms with van der Waals surface area (Å²) in [5.41, 5.74) is 2.49. The van der Waals surface area contributed by atoms with E-state index in [4.69, 9.17) is 14.6 Å². The second kappa shape index (κ2) is 8.74. The highest BCUT2D eigenvalue weighted by Gasteiger charge is 2.17. The second-order valence-corrected chi connectivity index (χ2v) is 7.19. The predicted octanol–water partition coefficient (Wildman–Crippen LogP) is 3.76. The number of carboxylic acid groups (broad SMARTS) is 1. The molecule has 0 aliphatic heterocycles. The molecule has 150 valence electrons. The Hall–Kier alpha value is -3.39. The van der Waals surface area contributed by atoms with Crippen LogP contribution in [0.25, 0.3) is 10.6 Å². The third-order valence-electron chi connectivity index (χ3n) is 4.29. The standard InChI is InChI=1S/C21H20N2O5S/c1-12-18(19(24)22-11-13-4-6-14(7-5-13)21(25)26)29-20(23-12)15-8-9-16(27-2)17(10-15)28-3/h4-10H,11H2,1-3H3,(H,22,24)(H,25,26). The van der Waals surface area contributed by atoms with Crippen molar-refractivity contribution in [3.63, 3.8) is 0 Å². The minimum absolute atomic E-state index is 0.206. The van der Waals surface area contributed by atoms with E-state index in [0.29, 0.717) is 33.6 Å². The number of nitrogens with zero attached hydrogens (tertiary/aromatic N) is 1. The van der Waals surface area contributed by atoms with Crippen LogP contribution in [0.4, 0.5) is 0 Å². The van der Waals surface area contributed by atoms with Crippen LogP contribution >= 0.6 is 11.3 Å². The number of amides is 1. The number of ether oxygens (including phenoxy) is 2. The van der Waals surface area contributed by atoms with Gasteiger partial charge in [-0.05, 0) is 42.8 Å². The Morgan fingerprint density at radius 1 is 1.07 bits per heavy atom. The maximum atomic E-state index is 12.6. The maximum Gasteiger partial charge on any atom is 0.335 e. The van der Waals surface area contributed by atoms with Crippen molar-refractivity contribution in [1.82, 2.24) is 10.3 Å². The molecular weight excluding hydrogens is 392 g/mol. The van der Waals surface area contributed by atoms with Gasteiger partial charge in [-0.15, -0.1) is 11.3 Å². The molecule has 0 aliphatic carbocycles. The fraction of sp³-hybridized carbons (Fsp3) is 0.190. The third-order valence-corrected chi connectivity index (χ3v) is 5.49. The number of thiazole rings is 1. The second-order valence-electron chi connectivity index (χ2n) is 6.19. The van der Waals surface area contributed by atoms with Crippen molar-refractivity contribution in [2.75, 3.05) is 14.2 Å². The first-order valence-electron chi connectivity index (χ1n) is 8.73. The predicted molar refractivity (Wildman–Crippen MR) is 110 cm³/mol. The number of carbonyl (C=O) groups excluding carboxylic acids is 1. The van der Waals surface area contributed by atoms with E-state index in [1.54, 1.807) is 39.3 Å². The number of rotatable bonds is 7. The minimum Gasteiger partial charge on any atom is -0.493 e. The fourth-order valence-corrected chi connectivity index (χ4v) is 3.71. The highest BCUT2D eigenvalue weighted by Crippen LogP contribution is 2.35. The Bertz CT molecular complexity index is 1040. The molecular formula is C21H20N2O5S. The molecule has 3 rings (SSSR count). The molecule has 2 aromatic carbocycles. The summed E-state index contributed by atoms with van der Waals surface area (Å²) >= 11 is 1.30. The van der Waals surface area contributed by atoms with Crippen molar-refractivity contribution in [3.8, 4) is 22.1 Å². The van der Waals surface area contributed by atoms with Crippen molar-refractivity contribution in [2.45, 2.75) is 13.5 Å². The van der Waals surface area contributed by atoms with Crippen LogP contribution in [0.15, 0.2) is 42.5 Å². The molecule has 29 heavy (non-hydrogen) atoms. The van der Waals surface area contributed by atoms with Gasteiger partial charge in [0.05, 0.1) is 25.5 Å². The van der Waals surface area contributed by atoms with E-state index >= 15 is 0 Å². The first kappa shape index (κ1) is 20.3. The molecule has 0 atom stereocenters. The molecule has 1 amide bonds. The molecule has 8 heteroatoms. The summed E-state index contributed by atoms with van der Waals surface area (Å²) in [6.45, 7) is 2.08. The van der Waals surface area contributed by atoms with Crippen LogP contribution in [0.3, 0.4) is 0 Å². The zero-order chi connectivity index (χ0) is 21.0. The first-order valence-corrected chi connectivity index (χ1v) is 9.55.